The number of hydrogen-bond acceptors (Lipinski definition) is 2. The van der Waals surface area contributed by atoms with Gasteiger partial charge in [-0.2, -0.15) is 0 Å². The van der Waals surface area contributed by atoms with Crippen molar-refractivity contribution in [3.63, 3.8) is 0 Å². The number of unbranched alkanes of at least 4 members (excludes halogenated alkanes) is 3. The van der Waals surface area contributed by atoms with Crippen molar-refractivity contribution >= 4 is 0 Å². The second-order valence-electron chi connectivity index (χ2n) is 3.37. The first-order valence-corrected chi connectivity index (χ1v) is 5.48. The smallest absolute Gasteiger partial charge is 0.0466 e. The van der Waals surface area contributed by atoms with Crippen molar-refractivity contribution in [3.8, 4) is 0 Å². The van der Waals surface area contributed by atoms with E-state index in [9.17, 15) is 0 Å². The first-order valence-electron chi connectivity index (χ1n) is 5.48. The zero-order valence-corrected chi connectivity index (χ0v) is 9.18. The quantitative estimate of drug-likeness (QED) is 0.617. The van der Waals surface area contributed by atoms with E-state index in [0.29, 0.717) is 0 Å². The highest BCUT2D eigenvalue weighted by Gasteiger charge is 1.94. The molecule has 0 N–H and O–H groups in total. The van der Waals surface area contributed by atoms with Crippen molar-refractivity contribution in [2.24, 2.45) is 0 Å². The Hall–Kier alpha value is -0.0800. The first kappa shape index (κ1) is 12.9. The highest BCUT2D eigenvalue weighted by Crippen LogP contribution is 1.98. The number of ether oxygens (including phenoxy) is 2. The molecule has 0 atom stereocenters. The van der Waals surface area contributed by atoms with Gasteiger partial charge < -0.3 is 9.47 Å². The van der Waals surface area contributed by atoms with Gasteiger partial charge in [0.15, 0.2) is 0 Å². The molecule has 0 radical (unpaired) electrons. The summed E-state index contributed by atoms with van der Waals surface area (Å²) in [5.41, 5.74) is 0. The molecule has 0 amide bonds. The van der Waals surface area contributed by atoms with Crippen molar-refractivity contribution in [1.29, 1.82) is 0 Å². The Morgan fingerprint density at radius 1 is 1.08 bits per heavy atom. The molecular weight excluding hydrogens is 164 g/mol. The lowest BCUT2D eigenvalue weighted by Gasteiger charge is -1.95. The molecule has 1 aliphatic heterocycles. The fourth-order valence-corrected chi connectivity index (χ4v) is 1.18. The fraction of sp³-hybridized carbons (Fsp3) is 1.00. The molecule has 0 saturated carbocycles. The maximum absolute atomic E-state index is 4.94. The van der Waals surface area contributed by atoms with Gasteiger partial charge >= 0.3 is 0 Å². The van der Waals surface area contributed by atoms with Crippen LogP contribution in [0.2, 0.25) is 0 Å². The molecule has 0 spiro atoms. The summed E-state index contributed by atoms with van der Waals surface area (Å²) in [6, 6.07) is 0. The van der Waals surface area contributed by atoms with E-state index in [2.05, 4.69) is 6.92 Å². The second kappa shape index (κ2) is 11.9. The van der Waals surface area contributed by atoms with Crippen LogP contribution in [0.4, 0.5) is 0 Å². The molecule has 2 nitrogen and oxygen atoms in total. The molecular formula is C11H24O2. The Balaban J connectivity index is 0.000000243. The number of hydrogen-bond donors (Lipinski definition) is 0. The third-order valence-electron chi connectivity index (χ3n) is 2.03. The largest absolute Gasteiger partial charge is 0.385 e. The van der Waals surface area contributed by atoms with E-state index in [1.165, 1.54) is 38.5 Å². The third-order valence-corrected chi connectivity index (χ3v) is 2.03. The van der Waals surface area contributed by atoms with E-state index in [0.717, 1.165) is 19.8 Å². The Morgan fingerprint density at radius 3 is 2.15 bits per heavy atom. The summed E-state index contributed by atoms with van der Waals surface area (Å²) in [4.78, 5) is 0. The zero-order valence-electron chi connectivity index (χ0n) is 9.18. The van der Waals surface area contributed by atoms with E-state index < -0.39 is 0 Å². The molecule has 1 rings (SSSR count). The Kier molecular flexibility index (Phi) is 11.8. The van der Waals surface area contributed by atoms with Gasteiger partial charge in [0.1, 0.15) is 0 Å². The van der Waals surface area contributed by atoms with E-state index in [1.807, 2.05) is 0 Å². The molecule has 0 aromatic carbocycles. The van der Waals surface area contributed by atoms with Crippen molar-refractivity contribution in [2.45, 2.75) is 45.4 Å². The highest BCUT2D eigenvalue weighted by atomic mass is 16.5. The normalized spacial score (nSPS) is 15.2. The maximum Gasteiger partial charge on any atom is 0.0466 e. The summed E-state index contributed by atoms with van der Waals surface area (Å²) in [7, 11) is 1.76. The molecule has 0 aromatic heterocycles. The summed E-state index contributed by atoms with van der Waals surface area (Å²) in [5, 5.41) is 0. The fourth-order valence-electron chi connectivity index (χ4n) is 1.18. The van der Waals surface area contributed by atoms with Crippen molar-refractivity contribution in [1.82, 2.24) is 0 Å². The van der Waals surface area contributed by atoms with E-state index >= 15 is 0 Å². The van der Waals surface area contributed by atoms with Crippen LogP contribution in [0.25, 0.3) is 0 Å². The molecule has 1 heterocycles. The molecule has 1 fully saturated rings. The summed E-state index contributed by atoms with van der Waals surface area (Å²) >= 11 is 0. The summed E-state index contributed by atoms with van der Waals surface area (Å²) in [6.45, 7) is 5.15. The average Bonchev–Trinajstić information content (AvgIpc) is 2.70. The minimum atomic E-state index is 0.931. The molecule has 2 heteroatoms. The van der Waals surface area contributed by atoms with Crippen LogP contribution in [0, 0.1) is 0 Å². The Labute approximate surface area is 82.6 Å². The zero-order chi connectivity index (χ0) is 9.78. The number of methoxy groups -OCH3 is 1. The summed E-state index contributed by atoms with van der Waals surface area (Å²) in [5.74, 6) is 0. The monoisotopic (exact) mass is 188 g/mol. The molecule has 0 aliphatic carbocycles. The van der Waals surface area contributed by atoms with Gasteiger partial charge in [0.05, 0.1) is 0 Å². The Morgan fingerprint density at radius 2 is 1.77 bits per heavy atom. The highest BCUT2D eigenvalue weighted by molar-refractivity contribution is 4.43. The Bertz CT molecular complexity index is 66.5. The van der Waals surface area contributed by atoms with Gasteiger partial charge in [0.2, 0.25) is 0 Å². The number of rotatable bonds is 5. The van der Waals surface area contributed by atoms with Crippen LogP contribution in [0.3, 0.4) is 0 Å². The first-order chi connectivity index (χ1) is 6.41. The van der Waals surface area contributed by atoms with Gasteiger partial charge in [0.25, 0.3) is 0 Å². The molecule has 13 heavy (non-hydrogen) atoms. The molecule has 80 valence electrons. The molecule has 0 aromatic rings. The van der Waals surface area contributed by atoms with Gasteiger partial charge in [-0.15, -0.1) is 0 Å². The molecule has 0 unspecified atom stereocenters. The predicted octanol–water partition coefficient (Wildman–Crippen LogP) is 3.01. The van der Waals surface area contributed by atoms with Crippen LogP contribution in [0.5, 0.6) is 0 Å². The standard InChI is InChI=1S/C7H16O.C4H8O/c1-3-4-5-6-7-8-2;1-2-4-5-3-1/h3-7H2,1-2H3;1-4H2. The molecule has 1 aliphatic rings. The van der Waals surface area contributed by atoms with Crippen LogP contribution in [-0.4, -0.2) is 26.9 Å². The van der Waals surface area contributed by atoms with Gasteiger partial charge in [-0.3, -0.25) is 0 Å². The van der Waals surface area contributed by atoms with E-state index in [-0.39, 0.29) is 0 Å². The minimum Gasteiger partial charge on any atom is -0.385 e. The van der Waals surface area contributed by atoms with Gasteiger partial charge in [0, 0.05) is 26.9 Å². The average molecular weight is 188 g/mol. The lowest BCUT2D eigenvalue weighted by molar-refractivity contribution is 0.192. The van der Waals surface area contributed by atoms with Crippen LogP contribution in [-0.2, 0) is 9.47 Å². The van der Waals surface area contributed by atoms with Crippen LogP contribution < -0.4 is 0 Å². The van der Waals surface area contributed by atoms with Crippen molar-refractivity contribution in [3.05, 3.63) is 0 Å². The lowest BCUT2D eigenvalue weighted by Crippen LogP contribution is -1.86. The summed E-state index contributed by atoms with van der Waals surface area (Å²) < 4.78 is 9.83. The van der Waals surface area contributed by atoms with E-state index in [4.69, 9.17) is 9.47 Å². The van der Waals surface area contributed by atoms with E-state index in [1.54, 1.807) is 7.11 Å². The maximum atomic E-state index is 4.94. The van der Waals surface area contributed by atoms with Crippen LogP contribution in [0.15, 0.2) is 0 Å². The van der Waals surface area contributed by atoms with Crippen molar-refractivity contribution < 1.29 is 9.47 Å². The van der Waals surface area contributed by atoms with Crippen LogP contribution >= 0.6 is 0 Å². The SMILES string of the molecule is C1CCOC1.CCCCCCOC. The third kappa shape index (κ3) is 11.9. The lowest BCUT2D eigenvalue weighted by atomic mass is 10.2. The minimum absolute atomic E-state index is 0.931. The summed E-state index contributed by atoms with van der Waals surface area (Å²) in [6.07, 6.45) is 7.77. The van der Waals surface area contributed by atoms with Gasteiger partial charge in [-0.05, 0) is 19.3 Å². The predicted molar refractivity (Wildman–Crippen MR) is 56.1 cm³/mol. The second-order valence-corrected chi connectivity index (χ2v) is 3.37. The van der Waals surface area contributed by atoms with Gasteiger partial charge in [-0.25, -0.2) is 0 Å². The molecule has 0 bridgehead atoms. The van der Waals surface area contributed by atoms with Crippen molar-refractivity contribution in [2.75, 3.05) is 26.9 Å². The molecule has 1 saturated heterocycles. The van der Waals surface area contributed by atoms with Gasteiger partial charge in [-0.1, -0.05) is 26.2 Å². The van der Waals surface area contributed by atoms with Crippen LogP contribution in [0.1, 0.15) is 45.4 Å². The topological polar surface area (TPSA) is 18.5 Å².